The van der Waals surface area contributed by atoms with Crippen molar-refractivity contribution < 1.29 is 22.7 Å². The fourth-order valence-corrected chi connectivity index (χ4v) is 3.89. The van der Waals surface area contributed by atoms with Crippen LogP contribution in [0.1, 0.15) is 18.0 Å². The van der Waals surface area contributed by atoms with Gasteiger partial charge in [-0.25, -0.2) is 28.0 Å². The molecule has 1 aromatic carbocycles. The fourth-order valence-electron chi connectivity index (χ4n) is 3.89. The molecule has 0 bridgehead atoms. The number of rotatable bonds is 4. The molecule has 1 fully saturated rings. The molecule has 2 aliphatic heterocycles. The van der Waals surface area contributed by atoms with Gasteiger partial charge in [-0.05, 0) is 35.9 Å². The van der Waals surface area contributed by atoms with E-state index in [1.807, 2.05) is 0 Å². The molecule has 0 aliphatic carbocycles. The van der Waals surface area contributed by atoms with Crippen molar-refractivity contribution in [3.8, 4) is 17.3 Å². The molecule has 0 N–H and O–H groups in total. The summed E-state index contributed by atoms with van der Waals surface area (Å²) in [6.45, 7) is 0.401. The number of pyridine rings is 1. The number of carbonyl (C=O) groups is 1. The van der Waals surface area contributed by atoms with E-state index in [0.717, 1.165) is 6.07 Å². The molecule has 4 heterocycles. The van der Waals surface area contributed by atoms with E-state index in [1.165, 1.54) is 40.4 Å². The van der Waals surface area contributed by atoms with Crippen molar-refractivity contribution in [1.82, 2.24) is 24.7 Å². The Hall–Kier alpha value is -3.89. The lowest BCUT2D eigenvalue weighted by molar-refractivity contribution is 0.0231. The number of aryl methyl sites for hydroxylation is 1. The molecule has 3 aromatic rings. The Morgan fingerprint density at radius 3 is 2.55 bits per heavy atom. The van der Waals surface area contributed by atoms with Gasteiger partial charge >= 0.3 is 6.03 Å². The van der Waals surface area contributed by atoms with Gasteiger partial charge in [0.1, 0.15) is 17.7 Å². The van der Waals surface area contributed by atoms with E-state index in [9.17, 15) is 18.0 Å². The van der Waals surface area contributed by atoms with Gasteiger partial charge in [0, 0.05) is 31.9 Å². The zero-order valence-electron chi connectivity index (χ0n) is 17.5. The summed E-state index contributed by atoms with van der Waals surface area (Å²) in [5.74, 6) is -2.20. The Balaban J connectivity index is 1.24. The van der Waals surface area contributed by atoms with E-state index in [-0.39, 0.29) is 19.0 Å². The number of hydrogen-bond donors (Lipinski definition) is 0. The third kappa shape index (κ3) is 4.01. The maximum absolute atomic E-state index is 14.3. The lowest BCUT2D eigenvalue weighted by Crippen LogP contribution is -2.59. The monoisotopic (exact) mass is 456 g/mol. The van der Waals surface area contributed by atoms with Crippen LogP contribution in [0.4, 0.5) is 18.0 Å². The summed E-state index contributed by atoms with van der Waals surface area (Å²) < 4.78 is 48.8. The topological polar surface area (TPSA) is 75.8 Å². The van der Waals surface area contributed by atoms with Gasteiger partial charge in [-0.2, -0.15) is 10.2 Å². The quantitative estimate of drug-likeness (QED) is 0.602. The van der Waals surface area contributed by atoms with Crippen molar-refractivity contribution in [2.75, 3.05) is 13.1 Å². The largest absolute Gasteiger partial charge is 0.468 e. The highest BCUT2D eigenvalue weighted by molar-refractivity contribution is 5.79. The second kappa shape index (κ2) is 8.23. The molecule has 8 nitrogen and oxygen atoms in total. The van der Waals surface area contributed by atoms with Crippen LogP contribution in [-0.4, -0.2) is 56.1 Å². The van der Waals surface area contributed by atoms with Crippen molar-refractivity contribution in [2.24, 2.45) is 12.1 Å². The van der Waals surface area contributed by atoms with Crippen LogP contribution in [0.2, 0.25) is 0 Å². The van der Waals surface area contributed by atoms with E-state index in [0.29, 0.717) is 23.4 Å². The van der Waals surface area contributed by atoms with Crippen LogP contribution in [-0.2, 0) is 7.05 Å². The molecule has 2 aliphatic rings. The lowest BCUT2D eigenvalue weighted by atomic mass is 10.0. The van der Waals surface area contributed by atoms with Gasteiger partial charge in [-0.1, -0.05) is 0 Å². The summed E-state index contributed by atoms with van der Waals surface area (Å²) in [7, 11) is 1.75. The molecule has 11 heteroatoms. The second-order valence-electron chi connectivity index (χ2n) is 7.85. The predicted molar refractivity (Wildman–Crippen MR) is 112 cm³/mol. The van der Waals surface area contributed by atoms with Crippen molar-refractivity contribution >= 4 is 12.2 Å². The third-order valence-corrected chi connectivity index (χ3v) is 5.59. The van der Waals surface area contributed by atoms with Crippen molar-refractivity contribution in [1.29, 1.82) is 0 Å². The summed E-state index contributed by atoms with van der Waals surface area (Å²) in [6.07, 6.45) is 3.04. The van der Waals surface area contributed by atoms with Gasteiger partial charge in [-0.15, -0.1) is 0 Å². The number of urea groups is 1. The second-order valence-corrected chi connectivity index (χ2v) is 7.85. The van der Waals surface area contributed by atoms with E-state index < -0.39 is 35.6 Å². The van der Waals surface area contributed by atoms with Crippen LogP contribution in [0.5, 0.6) is 5.88 Å². The highest BCUT2D eigenvalue weighted by atomic mass is 19.1. The van der Waals surface area contributed by atoms with Crippen molar-refractivity contribution in [3.63, 3.8) is 0 Å². The highest BCUT2D eigenvalue weighted by Gasteiger charge is 2.39. The third-order valence-electron chi connectivity index (χ3n) is 5.59. The molecule has 0 spiro atoms. The highest BCUT2D eigenvalue weighted by Crippen LogP contribution is 2.32. The molecule has 5 rings (SSSR count). The first-order chi connectivity index (χ1) is 15.9. The molecule has 33 heavy (non-hydrogen) atoms. The standard InChI is InChI=1S/C22H19F3N6O2/c1-29-20(5-6-26-29)18-3-2-17(25)21(28-18)33-16-11-30(12-16)22(32)31-19(4-7-27-31)13-8-14(23)10-15(24)9-13/h2-3,5-10,16,19H,4,11-12H2,1H3/t19-/m0/s1. The molecule has 1 saturated heterocycles. The average Bonchev–Trinajstić information content (AvgIpc) is 3.39. The predicted octanol–water partition coefficient (Wildman–Crippen LogP) is 3.52. The Labute approximate surface area is 186 Å². The summed E-state index contributed by atoms with van der Waals surface area (Å²) >= 11 is 0. The number of benzene rings is 1. The van der Waals surface area contributed by atoms with Gasteiger partial charge in [0.25, 0.3) is 5.88 Å². The van der Waals surface area contributed by atoms with E-state index in [1.54, 1.807) is 24.0 Å². The van der Waals surface area contributed by atoms with Crippen molar-refractivity contribution in [3.05, 3.63) is 65.6 Å². The first-order valence-electron chi connectivity index (χ1n) is 10.3. The zero-order chi connectivity index (χ0) is 23.1. The molecule has 0 saturated carbocycles. The smallest absolute Gasteiger partial charge is 0.341 e. The first-order valence-corrected chi connectivity index (χ1v) is 10.3. The molecular weight excluding hydrogens is 437 g/mol. The number of ether oxygens (including phenoxy) is 1. The number of halogens is 3. The number of carbonyl (C=O) groups excluding carboxylic acids is 1. The molecule has 170 valence electrons. The number of amides is 2. The Morgan fingerprint density at radius 2 is 1.85 bits per heavy atom. The Kier molecular flexibility index (Phi) is 5.23. The maximum Gasteiger partial charge on any atom is 0.341 e. The number of likely N-dealkylation sites (tertiary alicyclic amines) is 1. The molecule has 0 unspecified atom stereocenters. The molecule has 2 aromatic heterocycles. The number of nitrogens with zero attached hydrogens (tertiary/aromatic N) is 6. The van der Waals surface area contributed by atoms with Crippen LogP contribution in [0.3, 0.4) is 0 Å². The van der Waals surface area contributed by atoms with Crippen LogP contribution in [0.25, 0.3) is 11.4 Å². The van der Waals surface area contributed by atoms with Crippen LogP contribution >= 0.6 is 0 Å². The van der Waals surface area contributed by atoms with Crippen LogP contribution < -0.4 is 4.74 Å². The summed E-state index contributed by atoms with van der Waals surface area (Å²) in [5.41, 5.74) is 1.54. The maximum atomic E-state index is 14.3. The summed E-state index contributed by atoms with van der Waals surface area (Å²) in [5, 5.41) is 9.36. The molecule has 0 radical (unpaired) electrons. The van der Waals surface area contributed by atoms with Gasteiger partial charge in [-0.3, -0.25) is 4.68 Å². The first kappa shape index (κ1) is 21.0. The Morgan fingerprint density at radius 1 is 1.09 bits per heavy atom. The Bertz CT molecular complexity index is 1220. The van der Waals surface area contributed by atoms with Gasteiger partial charge in [0.15, 0.2) is 5.82 Å². The van der Waals surface area contributed by atoms with E-state index >= 15 is 0 Å². The van der Waals surface area contributed by atoms with Gasteiger partial charge in [0.05, 0.1) is 30.5 Å². The molecule has 1 atom stereocenters. The van der Waals surface area contributed by atoms with Crippen LogP contribution in [0, 0.1) is 17.5 Å². The minimum absolute atomic E-state index is 0.155. The van der Waals surface area contributed by atoms with Crippen LogP contribution in [0.15, 0.2) is 47.7 Å². The molecular formula is C22H19F3N6O2. The summed E-state index contributed by atoms with van der Waals surface area (Å²) in [4.78, 5) is 18.6. The number of hydrazone groups is 1. The SMILES string of the molecule is Cn1nccc1-c1ccc(F)c(OC2CN(C(=O)N3N=CC[C@H]3c3cc(F)cc(F)c3)C2)n1. The van der Waals surface area contributed by atoms with E-state index in [4.69, 9.17) is 4.74 Å². The van der Waals surface area contributed by atoms with Gasteiger partial charge < -0.3 is 9.64 Å². The fraction of sp³-hybridized carbons (Fsp3) is 0.273. The average molecular weight is 456 g/mol. The molecule has 2 amide bonds. The minimum atomic E-state index is -0.718. The van der Waals surface area contributed by atoms with Gasteiger partial charge in [0.2, 0.25) is 0 Å². The normalized spacial score (nSPS) is 18.0. The summed E-state index contributed by atoms with van der Waals surface area (Å²) in [6, 6.07) is 6.70. The van der Waals surface area contributed by atoms with Crippen molar-refractivity contribution in [2.45, 2.75) is 18.6 Å². The minimum Gasteiger partial charge on any atom is -0.468 e. The number of hydrogen-bond acceptors (Lipinski definition) is 5. The van der Waals surface area contributed by atoms with E-state index in [2.05, 4.69) is 15.2 Å². The lowest BCUT2D eigenvalue weighted by Gasteiger charge is -2.40. The zero-order valence-corrected chi connectivity index (χ0v) is 17.5. The number of aromatic nitrogens is 3.